The van der Waals surface area contributed by atoms with E-state index in [2.05, 4.69) is 19.2 Å². The number of hydrogen-bond donors (Lipinski definition) is 1. The molecule has 0 aromatic heterocycles. The molecule has 1 nitrogen and oxygen atoms in total. The first-order valence-corrected chi connectivity index (χ1v) is 12.2. The first-order chi connectivity index (χ1) is 6.95. The van der Waals surface area contributed by atoms with Crippen LogP contribution in [0.1, 0.15) is 26.7 Å². The fraction of sp³-hybridized carbons (Fsp3) is 1.00. The molecule has 7 heteroatoms. The summed E-state index contributed by atoms with van der Waals surface area (Å²) in [5.74, 6) is 0. The van der Waals surface area contributed by atoms with Gasteiger partial charge in [0.05, 0.1) is 0 Å². The summed E-state index contributed by atoms with van der Waals surface area (Å²) in [6, 6.07) is 0. The minimum atomic E-state index is -1.16. The number of halogens is 4. The van der Waals surface area contributed by atoms with Crippen LogP contribution in [0.3, 0.4) is 0 Å². The maximum Gasteiger partial charge on any atom is 0.276 e. The second kappa shape index (κ2) is 9.57. The lowest BCUT2D eigenvalue weighted by Gasteiger charge is -2.13. The molecule has 0 aliphatic carbocycles. The van der Waals surface area contributed by atoms with Crippen LogP contribution in [0.2, 0.25) is 11.1 Å². The van der Waals surface area contributed by atoms with Gasteiger partial charge in [0.1, 0.15) is 0 Å². The van der Waals surface area contributed by atoms with Crippen LogP contribution >= 0.6 is 44.3 Å². The maximum atomic E-state index is 5.84. The van der Waals surface area contributed by atoms with E-state index in [1.165, 1.54) is 0 Å². The molecule has 0 saturated carbocycles. The Morgan fingerprint density at radius 2 is 1.20 bits per heavy atom. The molecular formula is C8H17Cl4NSi2. The molecule has 0 aliphatic heterocycles. The minimum absolute atomic E-state index is 0.434. The molecule has 0 heterocycles. The first kappa shape index (κ1) is 16.6. The van der Waals surface area contributed by atoms with Crippen molar-refractivity contribution >= 4 is 59.1 Å². The Balaban J connectivity index is 3.32. The average Bonchev–Trinajstić information content (AvgIpc) is 2.16. The van der Waals surface area contributed by atoms with Gasteiger partial charge in [0, 0.05) is 0 Å². The number of rotatable bonds is 8. The Bertz CT molecular complexity index is 144. The summed E-state index contributed by atoms with van der Waals surface area (Å²) in [7, 11) is -2.32. The van der Waals surface area contributed by atoms with E-state index in [-0.39, 0.29) is 0 Å². The summed E-state index contributed by atoms with van der Waals surface area (Å²) in [6.45, 7) is 6.12. The van der Waals surface area contributed by atoms with Crippen molar-refractivity contribution < 1.29 is 0 Å². The second-order valence-electron chi connectivity index (χ2n) is 3.71. The third kappa shape index (κ3) is 9.27. The summed E-state index contributed by atoms with van der Waals surface area (Å²) >= 11 is 23.4. The van der Waals surface area contributed by atoms with Gasteiger partial charge in [0.15, 0.2) is 0 Å². The maximum absolute atomic E-state index is 5.84. The smallest absolute Gasteiger partial charge is 0.276 e. The van der Waals surface area contributed by atoms with Gasteiger partial charge >= 0.3 is 0 Å². The van der Waals surface area contributed by atoms with Crippen LogP contribution < -0.4 is 5.32 Å². The summed E-state index contributed by atoms with van der Waals surface area (Å²) < 4.78 is 0. The van der Waals surface area contributed by atoms with Crippen molar-refractivity contribution in [2.75, 3.05) is 13.1 Å². The molecule has 2 atom stereocenters. The molecule has 0 aromatic rings. The predicted molar refractivity (Wildman–Crippen MR) is 75.9 cm³/mol. The van der Waals surface area contributed by atoms with Gasteiger partial charge in [-0.15, -0.1) is 44.3 Å². The van der Waals surface area contributed by atoms with Gasteiger partial charge in [0.2, 0.25) is 0 Å². The highest BCUT2D eigenvalue weighted by Crippen LogP contribution is 2.20. The van der Waals surface area contributed by atoms with Gasteiger partial charge in [-0.3, -0.25) is 0 Å². The van der Waals surface area contributed by atoms with Crippen molar-refractivity contribution in [3.05, 3.63) is 0 Å². The number of hydrogen-bond acceptors (Lipinski definition) is 1. The van der Waals surface area contributed by atoms with E-state index in [9.17, 15) is 0 Å². The standard InChI is InChI=1S/C8H17Cl4NSi2/c1-7(14(9)10)3-5-13-6-4-8(2)15(11)12/h7-8,13H,3-6H2,1-2H3. The van der Waals surface area contributed by atoms with Crippen molar-refractivity contribution in [3.63, 3.8) is 0 Å². The van der Waals surface area contributed by atoms with Gasteiger partial charge in [0.25, 0.3) is 14.8 Å². The van der Waals surface area contributed by atoms with Crippen molar-refractivity contribution in [1.82, 2.24) is 5.32 Å². The Kier molecular flexibility index (Phi) is 10.6. The Hall–Kier alpha value is 1.55. The molecule has 90 valence electrons. The third-order valence-corrected chi connectivity index (χ3v) is 8.79. The molecule has 0 saturated heterocycles. The summed E-state index contributed by atoms with van der Waals surface area (Å²) in [6.07, 6.45) is 2.07. The molecule has 2 unspecified atom stereocenters. The molecule has 0 fully saturated rings. The molecule has 0 bridgehead atoms. The molecule has 0 amide bonds. The fourth-order valence-corrected chi connectivity index (χ4v) is 3.01. The van der Waals surface area contributed by atoms with Crippen LogP contribution in [0.15, 0.2) is 0 Å². The van der Waals surface area contributed by atoms with Crippen LogP contribution in [-0.2, 0) is 0 Å². The third-order valence-electron chi connectivity index (χ3n) is 2.25. The van der Waals surface area contributed by atoms with E-state index in [0.29, 0.717) is 11.1 Å². The monoisotopic (exact) mass is 323 g/mol. The number of nitrogens with one attached hydrogen (secondary N) is 1. The van der Waals surface area contributed by atoms with E-state index in [1.54, 1.807) is 0 Å². The van der Waals surface area contributed by atoms with Crippen LogP contribution in [0, 0.1) is 0 Å². The molecule has 0 aliphatic rings. The zero-order valence-electron chi connectivity index (χ0n) is 8.99. The van der Waals surface area contributed by atoms with Gasteiger partial charge < -0.3 is 5.32 Å². The molecule has 15 heavy (non-hydrogen) atoms. The SMILES string of the molecule is CC(CCNCCC(C)[Si](Cl)Cl)[Si](Cl)Cl. The Labute approximate surface area is 115 Å². The van der Waals surface area contributed by atoms with E-state index in [1.807, 2.05) is 0 Å². The summed E-state index contributed by atoms with van der Waals surface area (Å²) in [4.78, 5) is 0. The molecule has 0 aromatic carbocycles. The van der Waals surface area contributed by atoms with Gasteiger partial charge in [-0.2, -0.15) is 0 Å². The molecule has 0 rings (SSSR count). The van der Waals surface area contributed by atoms with Gasteiger partial charge in [-0.05, 0) is 37.0 Å². The first-order valence-electron chi connectivity index (χ1n) is 5.01. The van der Waals surface area contributed by atoms with Crippen LogP contribution in [0.4, 0.5) is 0 Å². The molecule has 0 spiro atoms. The normalized spacial score (nSPS) is 16.0. The molecule has 2 radical (unpaired) electrons. The quantitative estimate of drug-likeness (QED) is 0.403. The van der Waals surface area contributed by atoms with E-state index < -0.39 is 14.8 Å². The van der Waals surface area contributed by atoms with Crippen LogP contribution in [0.5, 0.6) is 0 Å². The van der Waals surface area contributed by atoms with Crippen molar-refractivity contribution in [2.24, 2.45) is 0 Å². The Morgan fingerprint density at radius 3 is 1.47 bits per heavy atom. The van der Waals surface area contributed by atoms with E-state index in [4.69, 9.17) is 44.3 Å². The topological polar surface area (TPSA) is 12.0 Å². The van der Waals surface area contributed by atoms with Gasteiger partial charge in [-0.1, -0.05) is 13.8 Å². The predicted octanol–water partition coefficient (Wildman–Crippen LogP) is 4.07. The minimum Gasteiger partial charge on any atom is -0.317 e. The van der Waals surface area contributed by atoms with Crippen molar-refractivity contribution in [3.8, 4) is 0 Å². The van der Waals surface area contributed by atoms with Gasteiger partial charge in [-0.25, -0.2) is 0 Å². The lowest BCUT2D eigenvalue weighted by molar-refractivity contribution is 0.609. The average molecular weight is 325 g/mol. The summed E-state index contributed by atoms with van der Waals surface area (Å²) in [5, 5.41) is 3.35. The summed E-state index contributed by atoms with van der Waals surface area (Å²) in [5.41, 5.74) is 0.868. The van der Waals surface area contributed by atoms with Crippen molar-refractivity contribution in [1.29, 1.82) is 0 Å². The van der Waals surface area contributed by atoms with E-state index >= 15 is 0 Å². The largest absolute Gasteiger partial charge is 0.317 e. The molecular weight excluding hydrogens is 308 g/mol. The zero-order valence-corrected chi connectivity index (χ0v) is 14.0. The van der Waals surface area contributed by atoms with E-state index in [0.717, 1.165) is 25.9 Å². The zero-order chi connectivity index (χ0) is 11.8. The highest BCUT2D eigenvalue weighted by molar-refractivity contribution is 7.34. The highest BCUT2D eigenvalue weighted by Gasteiger charge is 2.15. The Morgan fingerprint density at radius 1 is 0.867 bits per heavy atom. The van der Waals surface area contributed by atoms with Crippen LogP contribution in [0.25, 0.3) is 0 Å². The lowest BCUT2D eigenvalue weighted by atomic mass is 10.3. The van der Waals surface area contributed by atoms with Crippen LogP contribution in [-0.4, -0.2) is 27.9 Å². The fourth-order valence-electron chi connectivity index (χ4n) is 0.980. The lowest BCUT2D eigenvalue weighted by Crippen LogP contribution is -2.21. The second-order valence-corrected chi connectivity index (χ2v) is 12.9. The molecule has 1 N–H and O–H groups in total. The van der Waals surface area contributed by atoms with Crippen molar-refractivity contribution in [2.45, 2.75) is 37.8 Å². The highest BCUT2D eigenvalue weighted by atomic mass is 35.7.